The van der Waals surface area contributed by atoms with Gasteiger partial charge in [0.1, 0.15) is 35.8 Å². The van der Waals surface area contributed by atoms with E-state index in [2.05, 4.69) is 21.3 Å². The molecule has 0 saturated heterocycles. The van der Waals surface area contributed by atoms with Gasteiger partial charge in [-0.25, -0.2) is 0 Å². The summed E-state index contributed by atoms with van der Waals surface area (Å²) >= 11 is 0. The molecule has 4 rings (SSSR count). The van der Waals surface area contributed by atoms with Crippen LogP contribution in [0.1, 0.15) is 67.8 Å². The van der Waals surface area contributed by atoms with Gasteiger partial charge in [0.05, 0.1) is 12.5 Å². The topological polar surface area (TPSA) is 261 Å². The van der Waals surface area contributed by atoms with Crippen LogP contribution in [0.2, 0.25) is 0 Å². The molecule has 54 heavy (non-hydrogen) atoms. The first-order valence-electron chi connectivity index (χ1n) is 17.6. The second-order valence-corrected chi connectivity index (χ2v) is 13.8. The summed E-state index contributed by atoms with van der Waals surface area (Å²) in [6.45, 7) is 5.30. The summed E-state index contributed by atoms with van der Waals surface area (Å²) in [5.41, 5.74) is 8.54. The number of hydrogen-bond donors (Lipinski definition) is 7. The van der Waals surface area contributed by atoms with Crippen molar-refractivity contribution in [2.45, 2.75) is 89.5 Å². The smallest absolute Gasteiger partial charge is 0.305 e. The Hall–Kier alpha value is -6.24. The van der Waals surface area contributed by atoms with Crippen molar-refractivity contribution in [2.75, 3.05) is 11.9 Å². The van der Waals surface area contributed by atoms with Gasteiger partial charge in [-0.1, -0.05) is 55.8 Å². The number of para-hydroxylation sites is 1. The first-order chi connectivity index (χ1) is 25.6. The minimum absolute atomic E-state index is 0.0293. The van der Waals surface area contributed by atoms with Crippen LogP contribution in [-0.4, -0.2) is 87.3 Å². The van der Waals surface area contributed by atoms with Crippen molar-refractivity contribution in [2.24, 2.45) is 11.7 Å². The zero-order valence-electron chi connectivity index (χ0n) is 30.3. The van der Waals surface area contributed by atoms with Crippen molar-refractivity contribution in [3.63, 3.8) is 0 Å². The number of benzene rings is 2. The lowest BCUT2D eigenvalue weighted by Crippen LogP contribution is -2.59. The monoisotopic (exact) mass is 743 g/mol. The van der Waals surface area contributed by atoms with Gasteiger partial charge in [-0.05, 0) is 60.9 Å². The van der Waals surface area contributed by atoms with Gasteiger partial charge in [-0.3, -0.25) is 33.6 Å². The first-order valence-corrected chi connectivity index (χ1v) is 17.6. The van der Waals surface area contributed by atoms with Crippen LogP contribution in [0, 0.1) is 24.2 Å². The summed E-state index contributed by atoms with van der Waals surface area (Å²) in [4.78, 5) is 91.9. The van der Waals surface area contributed by atoms with Crippen LogP contribution >= 0.6 is 0 Å². The van der Waals surface area contributed by atoms with Gasteiger partial charge in [-0.2, -0.15) is 5.26 Å². The Bertz CT molecular complexity index is 1860. The molecule has 2 aromatic rings. The third-order valence-corrected chi connectivity index (χ3v) is 9.37. The minimum Gasteiger partial charge on any atom is -0.481 e. The van der Waals surface area contributed by atoms with Gasteiger partial charge in [0.2, 0.25) is 23.6 Å². The van der Waals surface area contributed by atoms with Crippen LogP contribution in [0.5, 0.6) is 0 Å². The Morgan fingerprint density at radius 1 is 1.00 bits per heavy atom. The Morgan fingerprint density at radius 2 is 1.72 bits per heavy atom. The lowest BCUT2D eigenvalue weighted by Gasteiger charge is -2.40. The number of nitrogens with zero attached hydrogens (tertiary/aromatic N) is 2. The van der Waals surface area contributed by atoms with Gasteiger partial charge in [0, 0.05) is 25.1 Å². The molecule has 2 aliphatic rings. The SMILES string of the molecule is Cc1ccc2c(c1)CCN(C(=O)[C@@H](NC(=O)[C@H](CCCC(=O)O)NC(=O)C1Cc3ccccc3N1)C(C)C)[C@@H]2C(=O)N[C@H](/C=C(\C#N)C(N)=O)CC(=O)O. The number of primary amides is 1. The quantitative estimate of drug-likeness (QED) is 0.0950. The van der Waals surface area contributed by atoms with Gasteiger partial charge in [-0.15, -0.1) is 0 Å². The fourth-order valence-corrected chi connectivity index (χ4v) is 6.65. The van der Waals surface area contributed by atoms with Crippen LogP contribution in [0.15, 0.2) is 54.1 Å². The number of rotatable bonds is 16. The molecule has 0 aliphatic carbocycles. The second-order valence-electron chi connectivity index (χ2n) is 13.8. The number of hydrogen-bond acceptors (Lipinski definition) is 9. The number of nitrogens with two attached hydrogens (primary N) is 1. The van der Waals surface area contributed by atoms with Crippen molar-refractivity contribution in [3.05, 3.63) is 76.4 Å². The summed E-state index contributed by atoms with van der Waals surface area (Å²) in [5, 5.41) is 39.3. The number of carbonyl (C=O) groups excluding carboxylic acids is 5. The van der Waals surface area contributed by atoms with Crippen molar-refractivity contribution in [3.8, 4) is 6.07 Å². The number of fused-ring (bicyclic) bond motifs is 2. The number of amides is 5. The number of carboxylic acids is 2. The number of aliphatic carboxylic acids is 2. The summed E-state index contributed by atoms with van der Waals surface area (Å²) in [6, 6.07) is 8.58. The van der Waals surface area contributed by atoms with Crippen LogP contribution in [0.4, 0.5) is 5.69 Å². The molecule has 0 aromatic heterocycles. The number of nitrogens with one attached hydrogen (secondary N) is 4. The third-order valence-electron chi connectivity index (χ3n) is 9.37. The Balaban J connectivity index is 1.61. The molecule has 0 spiro atoms. The molecule has 2 heterocycles. The standard InChI is InChI=1S/C38H45N7O9/c1-20(2)32(44-35(51)28(9-6-10-30(46)47)43-36(52)29-17-23-7-4-5-8-27(23)42-29)38(54)45-14-13-22-15-21(3)11-12-26(22)33(45)37(53)41-25(18-31(48)49)16-24(19-39)34(40)50/h4-5,7-8,11-12,15-16,20,25,28-29,32-33,42H,6,9-10,13-14,17-18H2,1-3H3,(H2,40,50)(H,41,53)(H,43,52)(H,44,51)(H,46,47)(H,48,49)/b24-16+/t25-,28+,29?,32+,33+/m1/s1. The molecule has 0 bridgehead atoms. The summed E-state index contributed by atoms with van der Waals surface area (Å²) in [5.74, 6) is -6.68. The lowest BCUT2D eigenvalue weighted by atomic mass is 9.89. The summed E-state index contributed by atoms with van der Waals surface area (Å²) < 4.78 is 0. The fourth-order valence-electron chi connectivity index (χ4n) is 6.65. The van der Waals surface area contributed by atoms with E-state index in [9.17, 15) is 49.0 Å². The Labute approximate surface area is 312 Å². The molecule has 16 nitrogen and oxygen atoms in total. The van der Waals surface area contributed by atoms with Crippen molar-refractivity contribution >= 4 is 47.2 Å². The van der Waals surface area contributed by atoms with Crippen LogP contribution in [0.25, 0.3) is 0 Å². The molecule has 2 aliphatic heterocycles. The van der Waals surface area contributed by atoms with E-state index in [0.717, 1.165) is 28.5 Å². The number of anilines is 1. The van der Waals surface area contributed by atoms with E-state index in [4.69, 9.17) is 5.73 Å². The molecule has 8 N–H and O–H groups in total. The normalized spacial score (nSPS) is 17.8. The number of carboxylic acid groups (broad SMARTS) is 2. The Morgan fingerprint density at radius 3 is 2.35 bits per heavy atom. The first kappa shape index (κ1) is 40.5. The number of carbonyl (C=O) groups is 7. The largest absolute Gasteiger partial charge is 0.481 e. The summed E-state index contributed by atoms with van der Waals surface area (Å²) in [6.07, 6.45) is 0.764. The van der Waals surface area contributed by atoms with Gasteiger partial charge >= 0.3 is 11.9 Å². The predicted octanol–water partition coefficient (Wildman–Crippen LogP) is 1.23. The zero-order chi connectivity index (χ0) is 39.7. The predicted molar refractivity (Wildman–Crippen MR) is 194 cm³/mol. The molecule has 5 atom stereocenters. The van der Waals surface area contributed by atoms with E-state index in [1.54, 1.807) is 32.0 Å². The molecule has 0 radical (unpaired) electrons. The molecule has 0 saturated carbocycles. The highest BCUT2D eigenvalue weighted by atomic mass is 16.4. The summed E-state index contributed by atoms with van der Waals surface area (Å²) in [7, 11) is 0. The van der Waals surface area contributed by atoms with E-state index in [1.807, 2.05) is 37.3 Å². The molecule has 5 amide bonds. The van der Waals surface area contributed by atoms with E-state index in [0.29, 0.717) is 18.4 Å². The van der Waals surface area contributed by atoms with Crippen LogP contribution < -0.4 is 27.0 Å². The van der Waals surface area contributed by atoms with Crippen molar-refractivity contribution in [1.82, 2.24) is 20.9 Å². The van der Waals surface area contributed by atoms with E-state index in [1.165, 1.54) is 4.90 Å². The maximum atomic E-state index is 14.5. The van der Waals surface area contributed by atoms with Gasteiger partial charge in [0.15, 0.2) is 0 Å². The molecule has 2 aromatic carbocycles. The molecule has 286 valence electrons. The van der Waals surface area contributed by atoms with E-state index in [-0.39, 0.29) is 25.8 Å². The number of nitriles is 1. The Kier molecular flexibility index (Phi) is 13.5. The van der Waals surface area contributed by atoms with E-state index >= 15 is 0 Å². The van der Waals surface area contributed by atoms with Gasteiger partial charge in [0.25, 0.3) is 5.91 Å². The van der Waals surface area contributed by atoms with Crippen LogP contribution in [0.3, 0.4) is 0 Å². The molecular weight excluding hydrogens is 698 g/mol. The highest BCUT2D eigenvalue weighted by Gasteiger charge is 2.41. The molecule has 1 unspecified atom stereocenters. The lowest BCUT2D eigenvalue weighted by molar-refractivity contribution is -0.146. The van der Waals surface area contributed by atoms with Crippen molar-refractivity contribution < 1.29 is 43.8 Å². The average Bonchev–Trinajstić information content (AvgIpc) is 3.55. The molecule has 0 fully saturated rings. The zero-order valence-corrected chi connectivity index (χ0v) is 30.3. The third kappa shape index (κ3) is 10.2. The van der Waals surface area contributed by atoms with Crippen molar-refractivity contribution in [1.29, 1.82) is 5.26 Å². The minimum atomic E-state index is -1.34. The fraction of sp³-hybridized carbons (Fsp3) is 0.421. The maximum absolute atomic E-state index is 14.5. The van der Waals surface area contributed by atoms with E-state index < -0.39 is 89.6 Å². The second kappa shape index (κ2) is 18.0. The maximum Gasteiger partial charge on any atom is 0.305 e. The molecular formula is C38H45N7O9. The van der Waals surface area contributed by atoms with Gasteiger partial charge < -0.3 is 42.1 Å². The highest BCUT2D eigenvalue weighted by Crippen LogP contribution is 2.32. The van der Waals surface area contributed by atoms with Crippen LogP contribution in [-0.2, 0) is 46.4 Å². The molecule has 16 heteroatoms. The highest BCUT2D eigenvalue weighted by molar-refractivity contribution is 5.98. The number of aryl methyl sites for hydroxylation is 1. The average molecular weight is 744 g/mol.